The van der Waals surface area contributed by atoms with Crippen molar-refractivity contribution in [2.24, 2.45) is 4.99 Å². The highest BCUT2D eigenvalue weighted by Gasteiger charge is 2.32. The molecule has 5 aromatic rings. The zero-order valence-electron chi connectivity index (χ0n) is 23.0. The van der Waals surface area contributed by atoms with Crippen molar-refractivity contribution in [3.05, 3.63) is 138 Å². The Morgan fingerprint density at radius 3 is 2.64 bits per heavy atom. The Hall–Kier alpha value is -4.95. The van der Waals surface area contributed by atoms with Gasteiger partial charge < -0.3 is 13.9 Å². The fraction of sp³-hybridized carbons (Fsp3) is 0.147. The molecule has 8 heteroatoms. The molecule has 3 aromatic carbocycles. The first-order valence-electron chi connectivity index (χ1n) is 13.6. The highest BCUT2D eigenvalue weighted by molar-refractivity contribution is 7.07. The van der Waals surface area contributed by atoms with Crippen LogP contribution in [0.1, 0.15) is 45.3 Å². The third-order valence-corrected chi connectivity index (χ3v) is 8.76. The van der Waals surface area contributed by atoms with Gasteiger partial charge in [-0.3, -0.25) is 9.36 Å². The third kappa shape index (κ3) is 4.40. The molecule has 1 aliphatic carbocycles. The van der Waals surface area contributed by atoms with Crippen molar-refractivity contribution in [3.63, 3.8) is 0 Å². The zero-order chi connectivity index (χ0) is 28.8. The number of furan rings is 1. The molecule has 0 unspecified atom stereocenters. The molecule has 1 aliphatic heterocycles. The van der Waals surface area contributed by atoms with Gasteiger partial charge in [0, 0.05) is 17.2 Å². The fourth-order valence-corrected chi connectivity index (χ4v) is 6.72. The van der Waals surface area contributed by atoms with E-state index in [0.29, 0.717) is 26.4 Å². The second-order valence-electron chi connectivity index (χ2n) is 10.2. The van der Waals surface area contributed by atoms with Crippen LogP contribution in [-0.4, -0.2) is 24.8 Å². The summed E-state index contributed by atoms with van der Waals surface area (Å²) in [6.07, 6.45) is 3.48. The van der Waals surface area contributed by atoms with Crippen LogP contribution in [0.5, 0.6) is 5.75 Å². The van der Waals surface area contributed by atoms with Crippen LogP contribution in [0.2, 0.25) is 0 Å². The molecule has 1 atom stereocenters. The quantitative estimate of drug-likeness (QED) is 0.264. The van der Waals surface area contributed by atoms with Crippen LogP contribution in [0, 0.1) is 0 Å². The van der Waals surface area contributed by atoms with Crippen molar-refractivity contribution in [1.82, 2.24) is 4.57 Å². The van der Waals surface area contributed by atoms with Crippen molar-refractivity contribution in [3.8, 4) is 17.1 Å². The Bertz CT molecular complexity index is 2060. The summed E-state index contributed by atoms with van der Waals surface area (Å²) in [5.74, 6) is 1.47. The summed E-state index contributed by atoms with van der Waals surface area (Å²) in [5, 5.41) is 0. The number of aromatic nitrogens is 1. The van der Waals surface area contributed by atoms with Crippen LogP contribution in [0.15, 0.2) is 105 Å². The maximum atomic E-state index is 14.0. The number of aryl methyl sites for hydroxylation is 1. The molecule has 0 radical (unpaired) electrons. The summed E-state index contributed by atoms with van der Waals surface area (Å²) in [5.41, 5.74) is 6.56. The lowest BCUT2D eigenvalue weighted by Crippen LogP contribution is -2.38. The van der Waals surface area contributed by atoms with E-state index in [2.05, 4.69) is 18.2 Å². The van der Waals surface area contributed by atoms with Crippen LogP contribution in [-0.2, 0) is 11.2 Å². The van der Waals surface area contributed by atoms with Crippen molar-refractivity contribution in [2.75, 3.05) is 14.2 Å². The number of hydrogen-bond acceptors (Lipinski definition) is 7. The summed E-state index contributed by atoms with van der Waals surface area (Å²) < 4.78 is 18.7. The summed E-state index contributed by atoms with van der Waals surface area (Å²) in [4.78, 5) is 31.7. The standard InChI is InChI=1S/C34H26N2O5S/c1-39-24-13-10-21(11-14-24)31-27-16-12-20-6-3-4-9-26(20)30(27)35-34-36(31)32(37)29(42-34)19-25-15-17-28(41-25)22-7-5-8-23(18-22)33(38)40-2/h3-11,13-15,17-19,31H,12,16H2,1-2H3/b29-19-/t31-/m0/s1. The molecule has 0 N–H and O–H groups in total. The van der Waals surface area contributed by atoms with Crippen molar-refractivity contribution < 1.29 is 18.7 Å². The largest absolute Gasteiger partial charge is 0.497 e. The van der Waals surface area contributed by atoms with Crippen molar-refractivity contribution >= 4 is 29.1 Å². The van der Waals surface area contributed by atoms with Crippen LogP contribution < -0.4 is 19.6 Å². The average molecular weight is 575 g/mol. The van der Waals surface area contributed by atoms with Gasteiger partial charge in [0.05, 0.1) is 36.1 Å². The van der Waals surface area contributed by atoms with Crippen molar-refractivity contribution in [2.45, 2.75) is 18.9 Å². The lowest BCUT2D eigenvalue weighted by atomic mass is 9.83. The van der Waals surface area contributed by atoms with Crippen LogP contribution >= 0.6 is 11.3 Å². The van der Waals surface area contributed by atoms with Crippen LogP contribution in [0.3, 0.4) is 0 Å². The van der Waals surface area contributed by atoms with Gasteiger partial charge in [0.2, 0.25) is 0 Å². The Labute approximate surface area is 245 Å². The summed E-state index contributed by atoms with van der Waals surface area (Å²) in [7, 11) is 3.00. The first kappa shape index (κ1) is 26.0. The molecule has 0 fully saturated rings. The normalized spacial score (nSPS) is 15.9. The first-order valence-corrected chi connectivity index (χ1v) is 14.4. The number of fused-ring (bicyclic) bond motifs is 3. The molecule has 0 bridgehead atoms. The number of ether oxygens (including phenoxy) is 2. The molecule has 0 saturated carbocycles. The van der Waals surface area contributed by atoms with Crippen LogP contribution in [0.4, 0.5) is 0 Å². The van der Waals surface area contributed by atoms with Gasteiger partial charge in [-0.15, -0.1) is 0 Å². The van der Waals surface area contributed by atoms with Gasteiger partial charge in [-0.1, -0.05) is 59.9 Å². The van der Waals surface area contributed by atoms with E-state index in [1.807, 2.05) is 53.1 Å². The molecule has 208 valence electrons. The first-order chi connectivity index (χ1) is 20.5. The number of hydrogen-bond donors (Lipinski definition) is 0. The van der Waals surface area contributed by atoms with Gasteiger partial charge in [-0.25, -0.2) is 9.79 Å². The molecule has 42 heavy (non-hydrogen) atoms. The number of nitrogens with zero attached hydrogens (tertiary/aromatic N) is 2. The third-order valence-electron chi connectivity index (χ3n) is 7.77. The minimum Gasteiger partial charge on any atom is -0.497 e. The second kappa shape index (κ2) is 10.5. The van der Waals surface area contributed by atoms with E-state index in [1.54, 1.807) is 31.4 Å². The number of allylic oxidation sites excluding steroid dienone is 1. The van der Waals surface area contributed by atoms with Crippen molar-refractivity contribution in [1.29, 1.82) is 0 Å². The Kier molecular flexibility index (Phi) is 6.47. The van der Waals surface area contributed by atoms with Gasteiger partial charge in [0.15, 0.2) is 4.80 Å². The number of benzene rings is 3. The molecule has 0 amide bonds. The Morgan fingerprint density at radius 1 is 1.00 bits per heavy atom. The molecule has 7 nitrogen and oxygen atoms in total. The predicted molar refractivity (Wildman–Crippen MR) is 161 cm³/mol. The Balaban J connectivity index is 1.35. The molecule has 0 saturated heterocycles. The van der Waals surface area contributed by atoms with E-state index in [9.17, 15) is 9.59 Å². The molecule has 0 spiro atoms. The van der Waals surface area contributed by atoms with E-state index in [0.717, 1.165) is 46.6 Å². The highest BCUT2D eigenvalue weighted by Crippen LogP contribution is 2.41. The lowest BCUT2D eigenvalue weighted by molar-refractivity contribution is 0.0601. The molecule has 3 heterocycles. The van der Waals surface area contributed by atoms with E-state index in [-0.39, 0.29) is 11.6 Å². The summed E-state index contributed by atoms with van der Waals surface area (Å²) in [6, 6.07) is 26.7. The average Bonchev–Trinajstić information content (AvgIpc) is 3.63. The topological polar surface area (TPSA) is 83.0 Å². The van der Waals surface area contributed by atoms with E-state index >= 15 is 0 Å². The van der Waals surface area contributed by atoms with Gasteiger partial charge in [-0.05, 0) is 65.9 Å². The Morgan fingerprint density at radius 2 is 1.83 bits per heavy atom. The van der Waals surface area contributed by atoms with E-state index < -0.39 is 5.97 Å². The number of carbonyl (C=O) groups is 1. The fourth-order valence-electron chi connectivity index (χ4n) is 5.74. The summed E-state index contributed by atoms with van der Waals surface area (Å²) >= 11 is 1.36. The number of carbonyl (C=O) groups excluding carboxylic acids is 1. The molecule has 7 rings (SSSR count). The smallest absolute Gasteiger partial charge is 0.337 e. The molecular formula is C34H26N2O5S. The minimum atomic E-state index is -0.415. The summed E-state index contributed by atoms with van der Waals surface area (Å²) in [6.45, 7) is 0. The van der Waals surface area contributed by atoms with Gasteiger partial charge in [0.1, 0.15) is 17.3 Å². The number of thiazole rings is 1. The van der Waals surface area contributed by atoms with Gasteiger partial charge in [-0.2, -0.15) is 0 Å². The van der Waals surface area contributed by atoms with Crippen LogP contribution in [0.25, 0.3) is 23.1 Å². The lowest BCUT2D eigenvalue weighted by Gasteiger charge is -2.30. The maximum absolute atomic E-state index is 14.0. The second-order valence-corrected chi connectivity index (χ2v) is 11.2. The zero-order valence-corrected chi connectivity index (χ0v) is 23.8. The monoisotopic (exact) mass is 574 g/mol. The SMILES string of the molecule is COC(=O)c1cccc(-c2ccc(/C=c3\sc4n(c3=O)[C@@H](c3ccc(OC)cc3)C3=C(N=4)c4ccccc4CC3)o2)c1. The van der Waals surface area contributed by atoms with Gasteiger partial charge in [0.25, 0.3) is 5.56 Å². The highest BCUT2D eigenvalue weighted by atomic mass is 32.1. The van der Waals surface area contributed by atoms with E-state index in [1.165, 1.54) is 24.0 Å². The van der Waals surface area contributed by atoms with Gasteiger partial charge >= 0.3 is 5.97 Å². The van der Waals surface area contributed by atoms with E-state index in [4.69, 9.17) is 18.9 Å². The predicted octanol–water partition coefficient (Wildman–Crippen LogP) is 5.37. The number of rotatable bonds is 5. The number of esters is 1. The number of methoxy groups -OCH3 is 2. The maximum Gasteiger partial charge on any atom is 0.337 e. The molecule has 2 aliphatic rings. The molecule has 2 aromatic heterocycles. The minimum absolute atomic E-state index is 0.115. The molecular weight excluding hydrogens is 548 g/mol.